The topological polar surface area (TPSA) is 50.7 Å². The van der Waals surface area contributed by atoms with Gasteiger partial charge in [0.05, 0.1) is 6.61 Å². The van der Waals surface area contributed by atoms with Gasteiger partial charge in [0.15, 0.2) is 0 Å². The van der Waals surface area contributed by atoms with E-state index in [1.54, 1.807) is 6.21 Å². The molecule has 2 rings (SSSR count). The van der Waals surface area contributed by atoms with Crippen molar-refractivity contribution in [2.24, 2.45) is 4.99 Å². The van der Waals surface area contributed by atoms with Gasteiger partial charge in [0.2, 0.25) is 0 Å². The van der Waals surface area contributed by atoms with Gasteiger partial charge < -0.3 is 10.1 Å². The van der Waals surface area contributed by atoms with Gasteiger partial charge in [0, 0.05) is 11.9 Å². The number of amides is 2. The molecule has 0 aliphatic heterocycles. The molecule has 0 saturated heterocycles. The lowest BCUT2D eigenvalue weighted by Gasteiger charge is -2.07. The van der Waals surface area contributed by atoms with Crippen LogP contribution in [0.15, 0.2) is 59.6 Å². The van der Waals surface area contributed by atoms with Crippen molar-refractivity contribution in [3.8, 4) is 5.75 Å². The fraction of sp³-hybridized carbons (Fsp3) is 0.462. The Labute approximate surface area is 181 Å². The smallest absolute Gasteiger partial charge is 0.345 e. The maximum absolute atomic E-state index is 11.9. The molecule has 2 aromatic carbocycles. The number of unbranched alkanes of at least 4 members (excludes halogenated alkanes) is 9. The summed E-state index contributed by atoms with van der Waals surface area (Å²) in [5.74, 6) is 0.830. The summed E-state index contributed by atoms with van der Waals surface area (Å²) in [4.78, 5) is 15.8. The van der Waals surface area contributed by atoms with Gasteiger partial charge in [-0.1, -0.05) is 95.0 Å². The standard InChI is InChI=1S/C26H36N2O2/c1-2-3-4-5-6-7-8-9-10-14-21-30-25-19-17-24(18-20-25)28-26(29)27-22-23-15-12-11-13-16-23/h11-13,15-20,22H,2-10,14,21H2,1H3,(H,28,29)/b27-22+. The first-order valence-corrected chi connectivity index (χ1v) is 11.4. The molecule has 0 bridgehead atoms. The average Bonchev–Trinajstić information content (AvgIpc) is 2.78. The summed E-state index contributed by atoms with van der Waals surface area (Å²) in [5, 5.41) is 2.76. The minimum Gasteiger partial charge on any atom is -0.494 e. The number of anilines is 1. The number of benzene rings is 2. The number of nitrogens with zero attached hydrogens (tertiary/aromatic N) is 1. The van der Waals surface area contributed by atoms with Crippen molar-refractivity contribution >= 4 is 17.9 Å². The maximum atomic E-state index is 11.9. The molecule has 1 N–H and O–H groups in total. The molecule has 0 heterocycles. The predicted molar refractivity (Wildman–Crippen MR) is 127 cm³/mol. The molecule has 0 saturated carbocycles. The molecule has 30 heavy (non-hydrogen) atoms. The number of carbonyl (C=O) groups excluding carboxylic acids is 1. The lowest BCUT2D eigenvalue weighted by atomic mass is 10.1. The van der Waals surface area contributed by atoms with Crippen LogP contribution in [0.5, 0.6) is 5.75 Å². The zero-order valence-electron chi connectivity index (χ0n) is 18.3. The number of nitrogens with one attached hydrogen (secondary N) is 1. The molecule has 162 valence electrons. The molecule has 0 aliphatic rings. The monoisotopic (exact) mass is 408 g/mol. The summed E-state index contributed by atoms with van der Waals surface area (Å²) < 4.78 is 5.80. The molecular weight excluding hydrogens is 372 g/mol. The second-order valence-corrected chi connectivity index (χ2v) is 7.65. The normalized spacial score (nSPS) is 11.0. The highest BCUT2D eigenvalue weighted by Gasteiger charge is 2.00. The lowest BCUT2D eigenvalue weighted by Crippen LogP contribution is -2.06. The number of urea groups is 1. The van der Waals surface area contributed by atoms with E-state index < -0.39 is 6.03 Å². The van der Waals surface area contributed by atoms with Crippen LogP contribution in [0.3, 0.4) is 0 Å². The number of rotatable bonds is 14. The zero-order chi connectivity index (χ0) is 21.3. The van der Waals surface area contributed by atoms with Crippen molar-refractivity contribution < 1.29 is 9.53 Å². The number of hydrogen-bond donors (Lipinski definition) is 1. The molecule has 0 unspecified atom stereocenters. The molecule has 0 aliphatic carbocycles. The number of ether oxygens (including phenoxy) is 1. The Hall–Kier alpha value is -2.62. The highest BCUT2D eigenvalue weighted by atomic mass is 16.5. The SMILES string of the molecule is CCCCCCCCCCCCOc1ccc(NC(=O)/N=C/c2ccccc2)cc1. The third kappa shape index (κ3) is 10.8. The number of carbonyl (C=O) groups is 1. The van der Waals surface area contributed by atoms with Gasteiger partial charge in [-0.25, -0.2) is 9.79 Å². The summed E-state index contributed by atoms with van der Waals surface area (Å²) >= 11 is 0. The van der Waals surface area contributed by atoms with Gasteiger partial charge in [-0.05, 0) is 36.2 Å². The van der Waals surface area contributed by atoms with Crippen molar-refractivity contribution in [2.75, 3.05) is 11.9 Å². The highest BCUT2D eigenvalue weighted by molar-refractivity contribution is 5.97. The van der Waals surface area contributed by atoms with Crippen molar-refractivity contribution in [3.63, 3.8) is 0 Å². The molecule has 0 atom stereocenters. The number of aliphatic imine (C=N–C) groups is 1. The molecule has 2 amide bonds. The molecule has 4 nitrogen and oxygen atoms in total. The zero-order valence-corrected chi connectivity index (χ0v) is 18.3. The average molecular weight is 409 g/mol. The van der Waals surface area contributed by atoms with E-state index in [-0.39, 0.29) is 0 Å². The lowest BCUT2D eigenvalue weighted by molar-refractivity contribution is 0.259. The van der Waals surface area contributed by atoms with Crippen LogP contribution in [0.25, 0.3) is 0 Å². The van der Waals surface area contributed by atoms with Gasteiger partial charge >= 0.3 is 6.03 Å². The Bertz CT molecular complexity index is 726. The first-order chi connectivity index (χ1) is 14.8. The van der Waals surface area contributed by atoms with E-state index in [0.29, 0.717) is 5.69 Å². The van der Waals surface area contributed by atoms with Crippen molar-refractivity contribution in [3.05, 3.63) is 60.2 Å². The predicted octanol–water partition coefficient (Wildman–Crippen LogP) is 7.64. The summed E-state index contributed by atoms with van der Waals surface area (Å²) in [6.45, 7) is 3.00. The molecule has 0 spiro atoms. The Morgan fingerprint density at radius 2 is 1.43 bits per heavy atom. The molecule has 4 heteroatoms. The molecule has 2 aromatic rings. The first kappa shape index (κ1) is 23.7. The summed E-state index contributed by atoms with van der Waals surface area (Å²) in [7, 11) is 0. The van der Waals surface area contributed by atoms with E-state index in [2.05, 4.69) is 17.2 Å². The van der Waals surface area contributed by atoms with E-state index in [0.717, 1.165) is 24.3 Å². The Morgan fingerprint density at radius 1 is 0.833 bits per heavy atom. The fourth-order valence-corrected chi connectivity index (χ4v) is 3.24. The van der Waals surface area contributed by atoms with Gasteiger partial charge in [-0.2, -0.15) is 0 Å². The largest absolute Gasteiger partial charge is 0.494 e. The van der Waals surface area contributed by atoms with Gasteiger partial charge in [0.25, 0.3) is 0 Å². The third-order valence-electron chi connectivity index (χ3n) is 5.00. The fourth-order valence-electron chi connectivity index (χ4n) is 3.24. The van der Waals surface area contributed by atoms with Crippen LogP contribution < -0.4 is 10.1 Å². The van der Waals surface area contributed by atoms with Crippen LogP contribution in [0, 0.1) is 0 Å². The third-order valence-corrected chi connectivity index (χ3v) is 5.00. The summed E-state index contributed by atoms with van der Waals surface area (Å²) in [6, 6.07) is 16.6. The first-order valence-electron chi connectivity index (χ1n) is 11.4. The second kappa shape index (κ2) is 15.3. The van der Waals surface area contributed by atoms with Crippen molar-refractivity contribution in [1.82, 2.24) is 0 Å². The van der Waals surface area contributed by atoms with E-state index >= 15 is 0 Å². The van der Waals surface area contributed by atoms with Gasteiger partial charge in [-0.15, -0.1) is 0 Å². The molecular formula is C26H36N2O2. The minimum atomic E-state index is -0.391. The van der Waals surface area contributed by atoms with Crippen LogP contribution in [-0.4, -0.2) is 18.9 Å². The maximum Gasteiger partial charge on any atom is 0.345 e. The Morgan fingerprint density at radius 3 is 2.07 bits per heavy atom. The molecule has 0 aromatic heterocycles. The summed E-state index contributed by atoms with van der Waals surface area (Å²) in [6.07, 6.45) is 14.8. The van der Waals surface area contributed by atoms with Crippen LogP contribution >= 0.6 is 0 Å². The van der Waals surface area contributed by atoms with E-state index in [1.807, 2.05) is 54.6 Å². The number of hydrogen-bond acceptors (Lipinski definition) is 2. The van der Waals surface area contributed by atoms with Crippen LogP contribution in [0.2, 0.25) is 0 Å². The summed E-state index contributed by atoms with van der Waals surface area (Å²) in [5.41, 5.74) is 1.60. The van der Waals surface area contributed by atoms with Crippen LogP contribution in [-0.2, 0) is 0 Å². The van der Waals surface area contributed by atoms with E-state index in [1.165, 1.54) is 57.8 Å². The van der Waals surface area contributed by atoms with Gasteiger partial charge in [-0.3, -0.25) is 0 Å². The Balaban J connectivity index is 1.54. The van der Waals surface area contributed by atoms with Crippen molar-refractivity contribution in [2.45, 2.75) is 71.1 Å². The van der Waals surface area contributed by atoms with E-state index in [4.69, 9.17) is 4.74 Å². The second-order valence-electron chi connectivity index (χ2n) is 7.65. The quantitative estimate of drug-likeness (QED) is 0.258. The van der Waals surface area contributed by atoms with E-state index in [9.17, 15) is 4.79 Å². The molecule has 0 fully saturated rings. The van der Waals surface area contributed by atoms with Crippen LogP contribution in [0.1, 0.15) is 76.7 Å². The van der Waals surface area contributed by atoms with Crippen molar-refractivity contribution in [1.29, 1.82) is 0 Å². The minimum absolute atomic E-state index is 0.391. The molecule has 0 radical (unpaired) electrons. The van der Waals surface area contributed by atoms with Crippen LogP contribution in [0.4, 0.5) is 10.5 Å². The Kier molecular flexibility index (Phi) is 12.0. The van der Waals surface area contributed by atoms with Gasteiger partial charge in [0.1, 0.15) is 5.75 Å². The highest BCUT2D eigenvalue weighted by Crippen LogP contribution is 2.17.